The molecule has 1 N–H and O–H groups in total. The predicted octanol–water partition coefficient (Wildman–Crippen LogP) is 3.07. The third kappa shape index (κ3) is 6.17. The van der Waals surface area contributed by atoms with Gasteiger partial charge in [-0.05, 0) is 38.1 Å². The van der Waals surface area contributed by atoms with E-state index in [1.165, 1.54) is 12.7 Å². The van der Waals surface area contributed by atoms with Crippen molar-refractivity contribution in [2.45, 2.75) is 24.8 Å². The Morgan fingerprint density at radius 3 is 2.50 bits per heavy atom. The van der Waals surface area contributed by atoms with Crippen LogP contribution in [-0.2, 0) is 14.8 Å². The molecular formula is C20H26N2O4S2. The largest absolute Gasteiger partial charge is 0.497 e. The Balaban J connectivity index is 2.00. The van der Waals surface area contributed by atoms with Crippen molar-refractivity contribution in [2.75, 3.05) is 30.0 Å². The topological polar surface area (TPSA) is 75.7 Å². The van der Waals surface area contributed by atoms with Crippen molar-refractivity contribution in [3.05, 3.63) is 54.1 Å². The molecule has 2 rings (SSSR count). The fourth-order valence-electron chi connectivity index (χ4n) is 2.68. The summed E-state index contributed by atoms with van der Waals surface area (Å²) in [6.45, 7) is 4.05. The summed E-state index contributed by atoms with van der Waals surface area (Å²) in [5.41, 5.74) is 1.59. The smallest absolute Gasteiger partial charge is 0.243 e. The van der Waals surface area contributed by atoms with Crippen molar-refractivity contribution in [2.24, 2.45) is 0 Å². The summed E-state index contributed by atoms with van der Waals surface area (Å²) >= 11 is 1.63. The normalized spacial score (nSPS) is 12.3. The first kappa shape index (κ1) is 22.1. The number of hydrogen-bond acceptors (Lipinski definition) is 5. The lowest BCUT2D eigenvalue weighted by Crippen LogP contribution is -2.48. The number of nitrogens with zero attached hydrogens (tertiary/aromatic N) is 1. The number of thioether (sulfide) groups is 1. The van der Waals surface area contributed by atoms with Gasteiger partial charge in [0, 0.05) is 23.3 Å². The Morgan fingerprint density at radius 1 is 1.21 bits per heavy atom. The fourth-order valence-corrected chi connectivity index (χ4v) is 4.62. The second kappa shape index (κ2) is 9.84. The van der Waals surface area contributed by atoms with Gasteiger partial charge in [-0.15, -0.1) is 11.8 Å². The lowest BCUT2D eigenvalue weighted by molar-refractivity contribution is -0.121. The van der Waals surface area contributed by atoms with E-state index in [-0.39, 0.29) is 5.91 Å². The molecule has 0 heterocycles. The first-order chi connectivity index (χ1) is 13.2. The third-order valence-corrected chi connectivity index (χ3v) is 6.34. The zero-order valence-corrected chi connectivity index (χ0v) is 18.1. The van der Waals surface area contributed by atoms with E-state index in [9.17, 15) is 13.2 Å². The van der Waals surface area contributed by atoms with Crippen molar-refractivity contribution in [3.8, 4) is 5.75 Å². The molecule has 0 unspecified atom stereocenters. The number of nitrogens with one attached hydrogen (secondary N) is 1. The number of carbonyl (C=O) groups is 1. The molecule has 0 aliphatic carbocycles. The summed E-state index contributed by atoms with van der Waals surface area (Å²) in [6, 6.07) is 13.9. The van der Waals surface area contributed by atoms with Gasteiger partial charge in [0.2, 0.25) is 15.9 Å². The average molecular weight is 423 g/mol. The number of carbonyl (C=O) groups excluding carboxylic acids is 1. The molecule has 28 heavy (non-hydrogen) atoms. The first-order valence-electron chi connectivity index (χ1n) is 8.83. The number of anilines is 1. The van der Waals surface area contributed by atoms with E-state index in [0.717, 1.165) is 15.5 Å². The minimum atomic E-state index is -3.65. The monoisotopic (exact) mass is 422 g/mol. The van der Waals surface area contributed by atoms with Crippen LogP contribution in [0.3, 0.4) is 0 Å². The fraction of sp³-hybridized carbons (Fsp3) is 0.350. The molecule has 0 saturated carbocycles. The highest BCUT2D eigenvalue weighted by Crippen LogP contribution is 2.25. The van der Waals surface area contributed by atoms with Crippen LogP contribution in [-0.4, -0.2) is 46.0 Å². The van der Waals surface area contributed by atoms with Crippen LogP contribution in [0.25, 0.3) is 0 Å². The second-order valence-corrected chi connectivity index (χ2v) is 9.42. The van der Waals surface area contributed by atoms with E-state index < -0.39 is 16.1 Å². The van der Waals surface area contributed by atoms with Gasteiger partial charge in [0.15, 0.2) is 0 Å². The summed E-state index contributed by atoms with van der Waals surface area (Å²) in [5, 5.41) is 2.82. The van der Waals surface area contributed by atoms with Crippen LogP contribution in [0.2, 0.25) is 0 Å². The number of ether oxygens (including phenoxy) is 1. The van der Waals surface area contributed by atoms with Gasteiger partial charge in [0.05, 0.1) is 19.1 Å². The van der Waals surface area contributed by atoms with Crippen molar-refractivity contribution >= 4 is 33.4 Å². The van der Waals surface area contributed by atoms with Gasteiger partial charge in [0.25, 0.3) is 0 Å². The Bertz CT molecular complexity index is 899. The van der Waals surface area contributed by atoms with Crippen LogP contribution in [0.15, 0.2) is 53.4 Å². The maximum absolute atomic E-state index is 12.6. The second-order valence-electron chi connectivity index (χ2n) is 6.39. The minimum Gasteiger partial charge on any atom is -0.497 e. The van der Waals surface area contributed by atoms with Gasteiger partial charge in [-0.3, -0.25) is 9.10 Å². The number of hydrogen-bond donors (Lipinski definition) is 1. The van der Waals surface area contributed by atoms with Crippen LogP contribution in [0.5, 0.6) is 5.75 Å². The Hall–Kier alpha value is -2.19. The van der Waals surface area contributed by atoms with E-state index in [1.54, 1.807) is 43.0 Å². The Labute approximate surface area is 171 Å². The third-order valence-electron chi connectivity index (χ3n) is 4.09. The molecule has 0 fully saturated rings. The summed E-state index contributed by atoms with van der Waals surface area (Å²) in [4.78, 5) is 13.7. The molecule has 2 aromatic rings. The number of amides is 1. The summed E-state index contributed by atoms with van der Waals surface area (Å²) in [7, 11) is -2.15. The van der Waals surface area contributed by atoms with Gasteiger partial charge in [-0.2, -0.15) is 0 Å². The molecule has 1 atom stereocenters. The summed E-state index contributed by atoms with van der Waals surface area (Å²) in [5.74, 6) is 0.866. The summed E-state index contributed by atoms with van der Waals surface area (Å²) < 4.78 is 30.9. The SMILES string of the molecule is COc1cccc(N([C@@H](C)C(=O)NCCSc2ccc(C)cc2)S(C)(=O)=O)c1. The minimum absolute atomic E-state index is 0.349. The van der Waals surface area contributed by atoms with Crippen molar-refractivity contribution < 1.29 is 17.9 Å². The molecule has 152 valence electrons. The molecular weight excluding hydrogens is 396 g/mol. The molecule has 0 aliphatic heterocycles. The van der Waals surface area contributed by atoms with Crippen LogP contribution >= 0.6 is 11.8 Å². The van der Waals surface area contributed by atoms with Gasteiger partial charge >= 0.3 is 0 Å². The van der Waals surface area contributed by atoms with E-state index in [2.05, 4.69) is 5.32 Å². The summed E-state index contributed by atoms with van der Waals surface area (Å²) in [6.07, 6.45) is 1.09. The van der Waals surface area contributed by atoms with Crippen molar-refractivity contribution in [3.63, 3.8) is 0 Å². The highest BCUT2D eigenvalue weighted by molar-refractivity contribution is 7.99. The highest BCUT2D eigenvalue weighted by atomic mass is 32.2. The molecule has 0 radical (unpaired) electrons. The van der Waals surface area contributed by atoms with Gasteiger partial charge in [0.1, 0.15) is 11.8 Å². The molecule has 2 aromatic carbocycles. The van der Waals surface area contributed by atoms with Crippen LogP contribution in [0.4, 0.5) is 5.69 Å². The number of benzene rings is 2. The number of sulfonamides is 1. The zero-order chi connectivity index (χ0) is 20.7. The van der Waals surface area contributed by atoms with Crippen LogP contribution in [0, 0.1) is 6.92 Å². The average Bonchev–Trinajstić information content (AvgIpc) is 2.65. The maximum atomic E-state index is 12.6. The first-order valence-corrected chi connectivity index (χ1v) is 11.7. The number of rotatable bonds is 9. The maximum Gasteiger partial charge on any atom is 0.243 e. The van der Waals surface area contributed by atoms with Gasteiger partial charge < -0.3 is 10.1 Å². The quantitative estimate of drug-likeness (QED) is 0.497. The lowest BCUT2D eigenvalue weighted by atomic mass is 10.2. The molecule has 0 bridgehead atoms. The van der Waals surface area contributed by atoms with Crippen LogP contribution < -0.4 is 14.4 Å². The van der Waals surface area contributed by atoms with E-state index in [4.69, 9.17) is 4.74 Å². The number of aryl methyl sites for hydroxylation is 1. The Kier molecular flexibility index (Phi) is 7.77. The molecule has 0 aliphatic rings. The molecule has 0 saturated heterocycles. The zero-order valence-electron chi connectivity index (χ0n) is 16.5. The van der Waals surface area contributed by atoms with Gasteiger partial charge in [-0.25, -0.2) is 8.42 Å². The predicted molar refractivity (Wildman–Crippen MR) is 115 cm³/mol. The molecule has 0 spiro atoms. The number of methoxy groups -OCH3 is 1. The van der Waals surface area contributed by atoms with Gasteiger partial charge in [-0.1, -0.05) is 23.8 Å². The standard InChI is InChI=1S/C20H26N2O4S2/c1-15-8-10-19(11-9-15)27-13-12-21-20(23)16(2)22(28(4,24)25)17-6-5-7-18(14-17)26-3/h5-11,14,16H,12-13H2,1-4H3,(H,21,23)/t16-/m0/s1. The molecule has 0 aromatic heterocycles. The lowest BCUT2D eigenvalue weighted by Gasteiger charge is -2.28. The van der Waals surface area contributed by atoms with E-state index in [0.29, 0.717) is 23.7 Å². The molecule has 6 nitrogen and oxygen atoms in total. The van der Waals surface area contributed by atoms with Crippen LogP contribution in [0.1, 0.15) is 12.5 Å². The van der Waals surface area contributed by atoms with E-state index in [1.807, 2.05) is 31.2 Å². The van der Waals surface area contributed by atoms with Crippen molar-refractivity contribution in [1.29, 1.82) is 0 Å². The molecule has 8 heteroatoms. The molecule has 1 amide bonds. The van der Waals surface area contributed by atoms with Crippen molar-refractivity contribution in [1.82, 2.24) is 5.32 Å². The highest BCUT2D eigenvalue weighted by Gasteiger charge is 2.29. The Morgan fingerprint density at radius 2 is 1.89 bits per heavy atom. The van der Waals surface area contributed by atoms with E-state index >= 15 is 0 Å².